The molecule has 1 N–H and O–H groups in total. The van der Waals surface area contributed by atoms with Gasteiger partial charge in [0.25, 0.3) is 0 Å². The van der Waals surface area contributed by atoms with E-state index in [1.54, 1.807) is 6.07 Å². The van der Waals surface area contributed by atoms with Crippen molar-refractivity contribution in [2.24, 2.45) is 0 Å². The Morgan fingerprint density at radius 3 is 2.67 bits per heavy atom. The summed E-state index contributed by atoms with van der Waals surface area (Å²) in [6, 6.07) is 8.17. The summed E-state index contributed by atoms with van der Waals surface area (Å²) in [5.74, 6) is -1.91. The molecule has 1 aromatic carbocycles. The number of halogens is 3. The van der Waals surface area contributed by atoms with Gasteiger partial charge in [0, 0.05) is 24.5 Å². The third-order valence-electron chi connectivity index (χ3n) is 4.27. The first-order valence-corrected chi connectivity index (χ1v) is 10.5. The number of hydrogen-bond donors (Lipinski definition) is 1. The lowest BCUT2D eigenvalue weighted by molar-refractivity contribution is -0.186. The largest absolute Gasteiger partial charge is 0.471 e. The lowest BCUT2D eigenvalue weighted by Crippen LogP contribution is -2.43. The molecule has 1 aliphatic heterocycles. The molecule has 1 aromatic heterocycles. The van der Waals surface area contributed by atoms with Gasteiger partial charge in [-0.3, -0.25) is 4.79 Å². The van der Waals surface area contributed by atoms with Crippen LogP contribution < -0.4 is 4.72 Å². The fourth-order valence-electron chi connectivity index (χ4n) is 2.90. The van der Waals surface area contributed by atoms with E-state index in [4.69, 9.17) is 0 Å². The Morgan fingerprint density at radius 2 is 2.00 bits per heavy atom. The molecule has 0 saturated heterocycles. The predicted octanol–water partition coefficient (Wildman–Crippen LogP) is 2.72. The van der Waals surface area contributed by atoms with Crippen molar-refractivity contribution in [1.29, 1.82) is 0 Å². The topological polar surface area (TPSA) is 66.5 Å². The van der Waals surface area contributed by atoms with Gasteiger partial charge in [-0.2, -0.15) is 13.2 Å². The number of benzene rings is 1. The first kappa shape index (κ1) is 19.8. The smallest absolute Gasteiger partial charge is 0.330 e. The Morgan fingerprint density at radius 1 is 1.22 bits per heavy atom. The molecule has 2 heterocycles. The summed E-state index contributed by atoms with van der Waals surface area (Å²) in [6.07, 6.45) is -4.14. The number of fused-ring (bicyclic) bond motifs is 1. The summed E-state index contributed by atoms with van der Waals surface area (Å²) in [4.78, 5) is 13.2. The van der Waals surface area contributed by atoms with Crippen LogP contribution in [0.1, 0.15) is 16.0 Å². The number of amides is 1. The number of carbonyl (C=O) groups is 1. The quantitative estimate of drug-likeness (QED) is 0.812. The first-order valence-electron chi connectivity index (χ1n) is 8.17. The minimum atomic E-state index is -4.94. The number of nitrogens with zero attached hydrogens (tertiary/aromatic N) is 1. The maximum Gasteiger partial charge on any atom is 0.471 e. The molecule has 5 nitrogen and oxygen atoms in total. The van der Waals surface area contributed by atoms with Gasteiger partial charge in [-0.15, -0.1) is 11.3 Å². The first-order chi connectivity index (χ1) is 12.7. The number of hydrogen-bond acceptors (Lipinski definition) is 4. The number of alkyl halides is 3. The molecular weight excluding hydrogens is 401 g/mol. The summed E-state index contributed by atoms with van der Waals surface area (Å²) in [6.45, 7) is -0.0820. The van der Waals surface area contributed by atoms with Crippen LogP contribution in [0.25, 0.3) is 0 Å². The summed E-state index contributed by atoms with van der Waals surface area (Å²) < 4.78 is 65.3. The average molecular weight is 418 g/mol. The third kappa shape index (κ3) is 4.69. The van der Waals surface area contributed by atoms with Crippen molar-refractivity contribution in [3.63, 3.8) is 0 Å². The van der Waals surface area contributed by atoms with Gasteiger partial charge in [-0.25, -0.2) is 13.1 Å². The van der Waals surface area contributed by atoms with Gasteiger partial charge in [-0.05, 0) is 47.5 Å². The fraction of sp³-hybridized carbons (Fsp3) is 0.353. The molecule has 1 amide bonds. The molecule has 0 unspecified atom stereocenters. The highest BCUT2D eigenvalue weighted by Gasteiger charge is 2.43. The van der Waals surface area contributed by atoms with Crippen LogP contribution in [-0.4, -0.2) is 38.5 Å². The Kier molecular flexibility index (Phi) is 5.59. The van der Waals surface area contributed by atoms with E-state index in [0.717, 1.165) is 10.4 Å². The van der Waals surface area contributed by atoms with Gasteiger partial charge >= 0.3 is 12.1 Å². The monoisotopic (exact) mass is 418 g/mol. The molecule has 0 spiro atoms. The highest BCUT2D eigenvalue weighted by Crippen LogP contribution is 2.26. The van der Waals surface area contributed by atoms with Gasteiger partial charge in [0.2, 0.25) is 10.0 Å². The number of sulfonamides is 1. The normalized spacial score (nSPS) is 14.9. The Balaban J connectivity index is 1.72. The molecule has 2 aromatic rings. The summed E-state index contributed by atoms with van der Waals surface area (Å²) in [5, 5.41) is 1.90. The van der Waals surface area contributed by atoms with Crippen molar-refractivity contribution in [1.82, 2.24) is 9.62 Å². The summed E-state index contributed by atoms with van der Waals surface area (Å²) in [7, 11) is -3.78. The molecule has 27 heavy (non-hydrogen) atoms. The second-order valence-electron chi connectivity index (χ2n) is 6.13. The summed E-state index contributed by atoms with van der Waals surface area (Å²) >= 11 is 1.53. The van der Waals surface area contributed by atoms with Gasteiger partial charge in [0.1, 0.15) is 0 Å². The Hall–Kier alpha value is -1.91. The minimum Gasteiger partial charge on any atom is -0.330 e. The zero-order valence-electron chi connectivity index (χ0n) is 14.1. The van der Waals surface area contributed by atoms with Crippen molar-refractivity contribution < 1.29 is 26.4 Å². The standard InChI is InChI=1S/C17H17F3N2O3S2/c18-17(19,20)16(23)22-8-6-12-3-4-15(10-13(12)11-22)27(24,25)21-7-5-14-2-1-9-26-14/h1-4,9-10,21H,5-8,11H2. The van der Waals surface area contributed by atoms with Crippen LogP contribution in [0.4, 0.5) is 13.2 Å². The molecule has 0 bridgehead atoms. The molecule has 0 fully saturated rings. The molecular formula is C17H17F3N2O3S2. The van der Waals surface area contributed by atoms with Crippen molar-refractivity contribution in [2.45, 2.75) is 30.5 Å². The molecule has 0 atom stereocenters. The number of thiophene rings is 1. The summed E-state index contributed by atoms with van der Waals surface area (Å²) in [5.41, 5.74) is 1.17. The molecule has 0 saturated carbocycles. The molecule has 1 aliphatic rings. The maximum atomic E-state index is 12.6. The highest BCUT2D eigenvalue weighted by molar-refractivity contribution is 7.89. The van der Waals surface area contributed by atoms with Crippen LogP contribution in [-0.2, 0) is 34.2 Å². The Labute approximate surface area is 158 Å². The van der Waals surface area contributed by atoms with E-state index >= 15 is 0 Å². The van der Waals surface area contributed by atoms with Gasteiger partial charge in [0.05, 0.1) is 4.90 Å². The number of rotatable bonds is 5. The number of nitrogens with one attached hydrogen (secondary N) is 1. The second-order valence-corrected chi connectivity index (χ2v) is 8.93. The fourth-order valence-corrected chi connectivity index (χ4v) is 4.69. The van der Waals surface area contributed by atoms with Crippen molar-refractivity contribution in [3.8, 4) is 0 Å². The van der Waals surface area contributed by atoms with Crippen molar-refractivity contribution in [3.05, 3.63) is 51.7 Å². The van der Waals surface area contributed by atoms with Crippen LogP contribution >= 0.6 is 11.3 Å². The lowest BCUT2D eigenvalue weighted by Gasteiger charge is -2.29. The lowest BCUT2D eigenvalue weighted by atomic mass is 10.00. The minimum absolute atomic E-state index is 0.0197. The molecule has 0 radical (unpaired) electrons. The predicted molar refractivity (Wildman–Crippen MR) is 94.8 cm³/mol. The molecule has 10 heteroatoms. The van der Waals surface area contributed by atoms with Gasteiger partial charge in [0.15, 0.2) is 0 Å². The zero-order chi connectivity index (χ0) is 19.7. The maximum absolute atomic E-state index is 12.6. The van der Waals surface area contributed by atoms with Crippen molar-refractivity contribution in [2.75, 3.05) is 13.1 Å². The second kappa shape index (κ2) is 7.61. The van der Waals surface area contributed by atoms with Crippen LogP contribution in [0, 0.1) is 0 Å². The van der Waals surface area contributed by atoms with E-state index in [9.17, 15) is 26.4 Å². The molecule has 0 aliphatic carbocycles. The van der Waals surface area contributed by atoms with E-state index in [1.165, 1.54) is 23.5 Å². The van der Waals surface area contributed by atoms with Gasteiger partial charge < -0.3 is 4.90 Å². The van der Waals surface area contributed by atoms with E-state index in [1.807, 2.05) is 17.5 Å². The van der Waals surface area contributed by atoms with Gasteiger partial charge in [-0.1, -0.05) is 12.1 Å². The average Bonchev–Trinajstić information content (AvgIpc) is 3.12. The molecule has 3 rings (SSSR count). The zero-order valence-corrected chi connectivity index (χ0v) is 15.8. The SMILES string of the molecule is O=C(N1CCc2ccc(S(=O)(=O)NCCc3cccs3)cc2C1)C(F)(F)F. The van der Waals surface area contributed by atoms with E-state index in [0.29, 0.717) is 16.9 Å². The molecule has 146 valence electrons. The number of carbonyl (C=O) groups excluding carboxylic acids is 1. The van der Waals surface area contributed by atoms with E-state index in [2.05, 4.69) is 4.72 Å². The Bertz CT molecular complexity index is 925. The highest BCUT2D eigenvalue weighted by atomic mass is 32.2. The van der Waals surface area contributed by atoms with Crippen LogP contribution in [0.15, 0.2) is 40.6 Å². The van der Waals surface area contributed by atoms with Crippen LogP contribution in [0.5, 0.6) is 0 Å². The van der Waals surface area contributed by atoms with E-state index in [-0.39, 0.29) is 31.0 Å². The van der Waals surface area contributed by atoms with E-state index < -0.39 is 22.1 Å². The third-order valence-corrected chi connectivity index (χ3v) is 6.67. The van der Waals surface area contributed by atoms with Crippen LogP contribution in [0.2, 0.25) is 0 Å². The van der Waals surface area contributed by atoms with Crippen LogP contribution in [0.3, 0.4) is 0 Å². The van der Waals surface area contributed by atoms with Crippen molar-refractivity contribution >= 4 is 27.3 Å².